The van der Waals surface area contributed by atoms with Gasteiger partial charge < -0.3 is 4.84 Å². The number of alkyl halides is 2. The molecule has 0 atom stereocenters. The Labute approximate surface area is 190 Å². The summed E-state index contributed by atoms with van der Waals surface area (Å²) in [5, 5.41) is 7.80. The topological polar surface area (TPSA) is 68.8 Å². The highest BCUT2D eigenvalue weighted by molar-refractivity contribution is 9.10. The van der Waals surface area contributed by atoms with Crippen molar-refractivity contribution in [1.29, 1.82) is 0 Å². The number of fused-ring (bicyclic) bond motifs is 1. The minimum Gasteiger partial charge on any atom is -0.312 e. The fraction of sp³-hybridized carbons (Fsp3) is 0.130. The first-order valence-electron chi connectivity index (χ1n) is 9.59. The third-order valence-electron chi connectivity index (χ3n) is 4.82. The zero-order chi connectivity index (χ0) is 22.8. The third-order valence-corrected chi connectivity index (χ3v) is 5.35. The van der Waals surface area contributed by atoms with Gasteiger partial charge in [-0.2, -0.15) is 5.10 Å². The number of hydrogen-bond acceptors (Lipinski definition) is 5. The lowest BCUT2D eigenvalue weighted by Crippen LogP contribution is -2.07. The number of rotatable bonds is 5. The number of carbonyl (C=O) groups excluding carboxylic acids is 1. The second kappa shape index (κ2) is 8.96. The number of nitrogens with zero attached hydrogens (tertiary/aromatic N) is 4. The molecule has 0 unspecified atom stereocenters. The summed E-state index contributed by atoms with van der Waals surface area (Å²) >= 11 is 3.35. The highest BCUT2D eigenvalue weighted by atomic mass is 79.9. The van der Waals surface area contributed by atoms with Crippen LogP contribution in [-0.4, -0.2) is 26.3 Å². The van der Waals surface area contributed by atoms with Gasteiger partial charge in [-0.1, -0.05) is 63.0 Å². The molecule has 0 fully saturated rings. The number of carbonyl (C=O) groups is 1. The molecule has 0 spiro atoms. The Morgan fingerprint density at radius 2 is 1.81 bits per heavy atom. The Bertz CT molecular complexity index is 1320. The summed E-state index contributed by atoms with van der Waals surface area (Å²) in [6.45, 7) is 3.61. The van der Waals surface area contributed by atoms with E-state index in [0.717, 1.165) is 26.3 Å². The van der Waals surface area contributed by atoms with Crippen LogP contribution >= 0.6 is 15.9 Å². The molecule has 0 N–H and O–H groups in total. The lowest BCUT2D eigenvalue weighted by molar-refractivity contribution is 0.0518. The molecule has 0 saturated carbocycles. The standard InChI is InChI=1S/C23H17BrF2N4O2/c1-13-3-5-16(6-4-13)19-11-20(21(25)26)30-22(28-19)18(12-27-30)23(31)32-29-14(2)15-7-9-17(24)10-8-15/h3-12,21H,1-2H3. The highest BCUT2D eigenvalue weighted by Crippen LogP contribution is 2.27. The van der Waals surface area contributed by atoms with Gasteiger partial charge in [-0.3, -0.25) is 0 Å². The van der Waals surface area contributed by atoms with E-state index in [4.69, 9.17) is 4.84 Å². The molecule has 0 saturated heterocycles. The Morgan fingerprint density at radius 1 is 1.12 bits per heavy atom. The van der Waals surface area contributed by atoms with E-state index in [-0.39, 0.29) is 16.9 Å². The molecule has 0 aliphatic carbocycles. The van der Waals surface area contributed by atoms with E-state index in [1.165, 1.54) is 6.07 Å². The molecule has 0 bridgehead atoms. The van der Waals surface area contributed by atoms with Crippen LogP contribution in [0.2, 0.25) is 0 Å². The molecule has 0 radical (unpaired) electrons. The van der Waals surface area contributed by atoms with E-state index in [2.05, 4.69) is 31.2 Å². The molecular weight excluding hydrogens is 482 g/mol. The average molecular weight is 499 g/mol. The fourth-order valence-electron chi connectivity index (χ4n) is 3.06. The monoisotopic (exact) mass is 498 g/mol. The first-order chi connectivity index (χ1) is 15.3. The highest BCUT2D eigenvalue weighted by Gasteiger charge is 2.22. The number of oxime groups is 1. The minimum absolute atomic E-state index is 0.0279. The summed E-state index contributed by atoms with van der Waals surface area (Å²) in [5.41, 5.74) is 2.75. The number of aromatic nitrogens is 3. The lowest BCUT2D eigenvalue weighted by Gasteiger charge is -2.08. The van der Waals surface area contributed by atoms with Crippen molar-refractivity contribution in [3.8, 4) is 11.3 Å². The van der Waals surface area contributed by atoms with Crippen molar-refractivity contribution >= 4 is 33.3 Å². The molecular formula is C23H17BrF2N4O2. The molecule has 2 heterocycles. The zero-order valence-corrected chi connectivity index (χ0v) is 18.7. The van der Waals surface area contributed by atoms with Gasteiger partial charge in [0.2, 0.25) is 0 Å². The number of benzene rings is 2. The number of aryl methyl sites for hydroxylation is 1. The maximum absolute atomic E-state index is 13.7. The van der Waals surface area contributed by atoms with Crippen LogP contribution in [-0.2, 0) is 4.84 Å². The average Bonchev–Trinajstić information content (AvgIpc) is 3.21. The summed E-state index contributed by atoms with van der Waals surface area (Å²) in [5.74, 6) is -0.842. The molecule has 6 nitrogen and oxygen atoms in total. The summed E-state index contributed by atoms with van der Waals surface area (Å²) in [6, 6.07) is 15.8. The Kier molecular flexibility index (Phi) is 6.09. The van der Waals surface area contributed by atoms with Gasteiger partial charge in [-0.05, 0) is 37.6 Å². The van der Waals surface area contributed by atoms with E-state index in [1.54, 1.807) is 19.1 Å². The van der Waals surface area contributed by atoms with Crippen molar-refractivity contribution in [3.05, 3.63) is 87.7 Å². The Balaban J connectivity index is 1.70. The van der Waals surface area contributed by atoms with Crippen molar-refractivity contribution in [2.45, 2.75) is 20.3 Å². The van der Waals surface area contributed by atoms with Crippen molar-refractivity contribution in [3.63, 3.8) is 0 Å². The van der Waals surface area contributed by atoms with Gasteiger partial charge in [0.1, 0.15) is 11.3 Å². The van der Waals surface area contributed by atoms with E-state index < -0.39 is 12.4 Å². The van der Waals surface area contributed by atoms with Crippen LogP contribution in [0, 0.1) is 6.92 Å². The molecule has 0 aliphatic rings. The summed E-state index contributed by atoms with van der Waals surface area (Å²) in [6.07, 6.45) is -1.66. The Morgan fingerprint density at radius 3 is 2.47 bits per heavy atom. The van der Waals surface area contributed by atoms with Gasteiger partial charge in [-0.15, -0.1) is 0 Å². The Hall–Kier alpha value is -3.46. The van der Waals surface area contributed by atoms with E-state index in [9.17, 15) is 13.6 Å². The summed E-state index contributed by atoms with van der Waals surface area (Å²) in [4.78, 5) is 22.1. The van der Waals surface area contributed by atoms with Crippen molar-refractivity contribution in [1.82, 2.24) is 14.6 Å². The molecule has 2 aromatic heterocycles. The second-order valence-corrected chi connectivity index (χ2v) is 8.00. The molecule has 4 rings (SSSR count). The van der Waals surface area contributed by atoms with Gasteiger partial charge in [0.25, 0.3) is 6.43 Å². The lowest BCUT2D eigenvalue weighted by atomic mass is 10.1. The van der Waals surface area contributed by atoms with Crippen molar-refractivity contribution in [2.75, 3.05) is 0 Å². The molecule has 32 heavy (non-hydrogen) atoms. The predicted octanol–water partition coefficient (Wildman–Crippen LogP) is 5.99. The fourth-order valence-corrected chi connectivity index (χ4v) is 3.32. The molecule has 0 aliphatic heterocycles. The van der Waals surface area contributed by atoms with Gasteiger partial charge in [-0.25, -0.2) is 23.1 Å². The normalized spacial score (nSPS) is 11.9. The third kappa shape index (κ3) is 4.43. The van der Waals surface area contributed by atoms with Crippen LogP contribution in [0.4, 0.5) is 8.78 Å². The number of halogens is 3. The van der Waals surface area contributed by atoms with Gasteiger partial charge in [0.05, 0.1) is 17.6 Å². The van der Waals surface area contributed by atoms with Crippen LogP contribution in [0.25, 0.3) is 16.9 Å². The van der Waals surface area contributed by atoms with Crippen molar-refractivity contribution in [2.24, 2.45) is 5.16 Å². The SMILES string of the molecule is CC(=NOC(=O)c1cnn2c(C(F)F)cc(-c3ccc(C)cc3)nc12)c1ccc(Br)cc1. The molecule has 162 valence electrons. The molecule has 4 aromatic rings. The van der Waals surface area contributed by atoms with Crippen LogP contribution in [0.5, 0.6) is 0 Å². The van der Waals surface area contributed by atoms with Crippen LogP contribution in [0.3, 0.4) is 0 Å². The number of hydrogen-bond donors (Lipinski definition) is 0. The maximum atomic E-state index is 13.7. The van der Waals surface area contributed by atoms with E-state index in [1.807, 2.05) is 43.3 Å². The van der Waals surface area contributed by atoms with Crippen molar-refractivity contribution < 1.29 is 18.4 Å². The minimum atomic E-state index is -2.81. The maximum Gasteiger partial charge on any atom is 0.371 e. The molecule has 0 amide bonds. The quantitative estimate of drug-likeness (QED) is 0.192. The summed E-state index contributed by atoms with van der Waals surface area (Å²) in [7, 11) is 0. The van der Waals surface area contributed by atoms with Crippen LogP contribution in [0.1, 0.15) is 40.5 Å². The second-order valence-electron chi connectivity index (χ2n) is 7.09. The van der Waals surface area contributed by atoms with Gasteiger partial charge in [0, 0.05) is 10.0 Å². The first-order valence-corrected chi connectivity index (χ1v) is 10.4. The summed E-state index contributed by atoms with van der Waals surface area (Å²) < 4.78 is 29.3. The molecule has 2 aromatic carbocycles. The van der Waals surface area contributed by atoms with Gasteiger partial charge >= 0.3 is 5.97 Å². The van der Waals surface area contributed by atoms with Crippen LogP contribution in [0.15, 0.2) is 70.4 Å². The predicted molar refractivity (Wildman–Crippen MR) is 120 cm³/mol. The first kappa shape index (κ1) is 21.8. The smallest absolute Gasteiger partial charge is 0.312 e. The zero-order valence-electron chi connectivity index (χ0n) is 17.1. The van der Waals surface area contributed by atoms with E-state index >= 15 is 0 Å². The molecule has 9 heteroatoms. The largest absolute Gasteiger partial charge is 0.371 e. The van der Waals surface area contributed by atoms with Gasteiger partial charge in [0.15, 0.2) is 5.65 Å². The van der Waals surface area contributed by atoms with E-state index in [0.29, 0.717) is 17.0 Å². The van der Waals surface area contributed by atoms with Crippen LogP contribution < -0.4 is 0 Å².